The lowest BCUT2D eigenvalue weighted by Crippen LogP contribution is -2.27. The smallest absolute Gasteiger partial charge is 0.123 e. The molecule has 0 amide bonds. The van der Waals surface area contributed by atoms with Gasteiger partial charge in [-0.2, -0.15) is 0 Å². The molecule has 0 aromatic heterocycles. The van der Waals surface area contributed by atoms with Gasteiger partial charge in [-0.25, -0.2) is 0 Å². The quantitative estimate of drug-likeness (QED) is 0.436. The van der Waals surface area contributed by atoms with Gasteiger partial charge < -0.3 is 9.47 Å². The summed E-state index contributed by atoms with van der Waals surface area (Å²) in [4.78, 5) is 0. The lowest BCUT2D eigenvalue weighted by atomic mass is 9.69. The zero-order valence-electron chi connectivity index (χ0n) is 18.9. The fourth-order valence-electron chi connectivity index (χ4n) is 6.23. The lowest BCUT2D eigenvalue weighted by molar-refractivity contribution is 0.121. The van der Waals surface area contributed by atoms with Gasteiger partial charge in [0.25, 0.3) is 0 Å². The average molecular weight is 417 g/mol. The molecule has 1 heterocycles. The average Bonchev–Trinajstić information content (AvgIpc) is 2.79. The molecule has 0 N–H and O–H groups in total. The molecule has 2 saturated carbocycles. The van der Waals surface area contributed by atoms with Crippen LogP contribution in [0.1, 0.15) is 89.5 Å². The molecule has 2 aliphatic carbocycles. The molecule has 1 atom stereocenters. The molecule has 0 saturated heterocycles. The van der Waals surface area contributed by atoms with E-state index >= 15 is 0 Å². The maximum atomic E-state index is 12.6. The number of halogens is 1. The van der Waals surface area contributed by atoms with E-state index in [4.69, 9.17) is 9.47 Å². The van der Waals surface area contributed by atoms with Gasteiger partial charge in [0.1, 0.15) is 17.6 Å². The van der Waals surface area contributed by atoms with Crippen LogP contribution in [0.5, 0.6) is 11.5 Å². The van der Waals surface area contributed by atoms with Crippen LogP contribution in [0.25, 0.3) is 0 Å². The van der Waals surface area contributed by atoms with E-state index in [-0.39, 0.29) is 12.8 Å². The normalized spacial score (nSPS) is 31.6. The van der Waals surface area contributed by atoms with Gasteiger partial charge in [0, 0.05) is 6.42 Å². The van der Waals surface area contributed by atoms with E-state index in [2.05, 4.69) is 13.0 Å². The second-order valence-corrected chi connectivity index (χ2v) is 10.2. The maximum absolute atomic E-state index is 12.6. The molecule has 2 nitrogen and oxygen atoms in total. The Kier molecular flexibility index (Phi) is 7.95. The molecule has 2 fully saturated rings. The monoisotopic (exact) mass is 416 g/mol. The summed E-state index contributed by atoms with van der Waals surface area (Å²) >= 11 is 0. The molecule has 1 aromatic rings. The summed E-state index contributed by atoms with van der Waals surface area (Å²) in [7, 11) is 0. The van der Waals surface area contributed by atoms with Crippen LogP contribution < -0.4 is 9.47 Å². The molecule has 3 heteroatoms. The summed E-state index contributed by atoms with van der Waals surface area (Å²) in [6.07, 6.45) is 16.6. The lowest BCUT2D eigenvalue weighted by Gasteiger charge is -2.37. The van der Waals surface area contributed by atoms with Crippen LogP contribution in [-0.2, 0) is 6.42 Å². The van der Waals surface area contributed by atoms with Crippen molar-refractivity contribution < 1.29 is 13.9 Å². The van der Waals surface area contributed by atoms with Gasteiger partial charge in [0.05, 0.1) is 13.3 Å². The fraction of sp³-hybridized carbons (Fsp3) is 0.778. The number of hydrogen-bond donors (Lipinski definition) is 0. The number of alkyl halides is 1. The molecule has 0 radical (unpaired) electrons. The highest BCUT2D eigenvalue weighted by molar-refractivity contribution is 5.41. The van der Waals surface area contributed by atoms with Gasteiger partial charge in [-0.05, 0) is 98.8 Å². The van der Waals surface area contributed by atoms with Gasteiger partial charge in [-0.15, -0.1) is 0 Å². The van der Waals surface area contributed by atoms with Crippen LogP contribution in [0.4, 0.5) is 4.39 Å². The van der Waals surface area contributed by atoms with Crippen molar-refractivity contribution in [2.75, 3.05) is 13.3 Å². The zero-order valence-corrected chi connectivity index (χ0v) is 18.9. The van der Waals surface area contributed by atoms with Gasteiger partial charge in [0.15, 0.2) is 0 Å². The molecule has 1 unspecified atom stereocenters. The first-order valence-electron chi connectivity index (χ1n) is 12.7. The van der Waals surface area contributed by atoms with Gasteiger partial charge >= 0.3 is 0 Å². The van der Waals surface area contributed by atoms with Crippen LogP contribution in [0.2, 0.25) is 0 Å². The third kappa shape index (κ3) is 5.71. The Morgan fingerprint density at radius 2 is 1.60 bits per heavy atom. The first kappa shape index (κ1) is 22.0. The molecular formula is C27H41FO2. The SMILES string of the molecule is CCCC1CCC(C2CCC(COc3ccc4c(c3)CCC(CCF)O4)CC2)CC1. The minimum Gasteiger partial charge on any atom is -0.493 e. The van der Waals surface area contributed by atoms with E-state index in [1.807, 2.05) is 12.1 Å². The van der Waals surface area contributed by atoms with Crippen molar-refractivity contribution in [2.45, 2.75) is 96.5 Å². The van der Waals surface area contributed by atoms with Crippen molar-refractivity contribution in [1.29, 1.82) is 0 Å². The maximum Gasteiger partial charge on any atom is 0.123 e. The molecule has 0 bridgehead atoms. The summed E-state index contributed by atoms with van der Waals surface area (Å²) in [6, 6.07) is 6.18. The van der Waals surface area contributed by atoms with E-state index in [1.54, 1.807) is 0 Å². The number of rotatable bonds is 8. The highest BCUT2D eigenvalue weighted by Crippen LogP contribution is 2.42. The minimum atomic E-state index is -0.302. The highest BCUT2D eigenvalue weighted by Gasteiger charge is 2.31. The molecular weight excluding hydrogens is 375 g/mol. The molecule has 168 valence electrons. The molecule has 1 aliphatic heterocycles. The summed E-state index contributed by atoms with van der Waals surface area (Å²) < 4.78 is 24.7. The zero-order chi connectivity index (χ0) is 20.8. The summed E-state index contributed by atoms with van der Waals surface area (Å²) in [5, 5.41) is 0. The Morgan fingerprint density at radius 3 is 2.27 bits per heavy atom. The van der Waals surface area contributed by atoms with Crippen molar-refractivity contribution in [2.24, 2.45) is 23.7 Å². The second-order valence-electron chi connectivity index (χ2n) is 10.2. The predicted molar refractivity (Wildman–Crippen MR) is 121 cm³/mol. The Balaban J connectivity index is 1.18. The highest BCUT2D eigenvalue weighted by atomic mass is 19.1. The number of fused-ring (bicyclic) bond motifs is 1. The van der Waals surface area contributed by atoms with Crippen molar-refractivity contribution in [3.05, 3.63) is 23.8 Å². The Hall–Kier alpha value is -1.25. The summed E-state index contributed by atoms with van der Waals surface area (Å²) in [5.74, 6) is 5.59. The van der Waals surface area contributed by atoms with Crippen LogP contribution >= 0.6 is 0 Å². The van der Waals surface area contributed by atoms with E-state index in [1.165, 1.54) is 69.8 Å². The molecule has 0 spiro atoms. The second kappa shape index (κ2) is 10.9. The van der Waals surface area contributed by atoms with Crippen molar-refractivity contribution in [3.63, 3.8) is 0 Å². The Bertz CT molecular complexity index is 644. The van der Waals surface area contributed by atoms with Crippen LogP contribution in [0.15, 0.2) is 18.2 Å². The number of ether oxygens (including phenoxy) is 2. The van der Waals surface area contributed by atoms with Crippen LogP contribution in [0, 0.1) is 23.7 Å². The Morgan fingerprint density at radius 1 is 0.900 bits per heavy atom. The fourth-order valence-corrected chi connectivity index (χ4v) is 6.23. The molecule has 30 heavy (non-hydrogen) atoms. The third-order valence-corrected chi connectivity index (χ3v) is 8.12. The minimum absolute atomic E-state index is 0.0335. The predicted octanol–water partition coefficient (Wildman–Crippen LogP) is 7.53. The molecule has 4 rings (SSSR count). The van der Waals surface area contributed by atoms with Crippen molar-refractivity contribution in [1.82, 2.24) is 0 Å². The first-order chi connectivity index (χ1) is 14.7. The number of aryl methyl sites for hydroxylation is 1. The first-order valence-corrected chi connectivity index (χ1v) is 12.7. The number of benzene rings is 1. The van der Waals surface area contributed by atoms with E-state index in [0.29, 0.717) is 12.3 Å². The topological polar surface area (TPSA) is 18.5 Å². The van der Waals surface area contributed by atoms with Crippen LogP contribution in [0.3, 0.4) is 0 Å². The van der Waals surface area contributed by atoms with Crippen LogP contribution in [-0.4, -0.2) is 19.4 Å². The standard InChI is InChI=1S/C27H41FO2/c1-2-3-20-4-8-22(9-5-20)23-10-6-21(7-11-23)19-29-26-14-15-27-24(18-26)12-13-25(30-27)16-17-28/h14-15,18,20-23,25H,2-13,16-17,19H2,1H3. The molecule has 3 aliphatic rings. The van der Waals surface area contributed by atoms with E-state index in [9.17, 15) is 4.39 Å². The van der Waals surface area contributed by atoms with Gasteiger partial charge in [-0.3, -0.25) is 4.39 Å². The van der Waals surface area contributed by atoms with Crippen molar-refractivity contribution in [3.8, 4) is 11.5 Å². The van der Waals surface area contributed by atoms with E-state index in [0.717, 1.165) is 48.7 Å². The largest absolute Gasteiger partial charge is 0.493 e. The summed E-state index contributed by atoms with van der Waals surface area (Å²) in [5.41, 5.74) is 1.21. The number of hydrogen-bond acceptors (Lipinski definition) is 2. The Labute approximate surface area is 182 Å². The van der Waals surface area contributed by atoms with Gasteiger partial charge in [-0.1, -0.05) is 32.6 Å². The summed E-state index contributed by atoms with van der Waals surface area (Å²) in [6.45, 7) is 2.88. The third-order valence-electron chi connectivity index (χ3n) is 8.12. The van der Waals surface area contributed by atoms with E-state index < -0.39 is 0 Å². The van der Waals surface area contributed by atoms with Gasteiger partial charge in [0.2, 0.25) is 0 Å². The molecule has 1 aromatic carbocycles. The van der Waals surface area contributed by atoms with Crippen molar-refractivity contribution >= 4 is 0 Å².